The predicted octanol–water partition coefficient (Wildman–Crippen LogP) is 3.75. The van der Waals surface area contributed by atoms with Gasteiger partial charge in [0.2, 0.25) is 0 Å². The Balaban J connectivity index is 2.50. The molecule has 0 bridgehead atoms. The van der Waals surface area contributed by atoms with E-state index >= 15 is 0 Å². The van der Waals surface area contributed by atoms with Gasteiger partial charge < -0.3 is 0 Å². The normalized spacial score (nSPS) is 12.4. The highest BCUT2D eigenvalue weighted by Crippen LogP contribution is 2.23. The van der Waals surface area contributed by atoms with Gasteiger partial charge in [-0.2, -0.15) is 0 Å². The first-order valence-corrected chi connectivity index (χ1v) is 5.65. The van der Waals surface area contributed by atoms with Gasteiger partial charge in [0.1, 0.15) is 5.82 Å². The molecule has 82 valence electrons. The molecule has 1 aromatic heterocycles. The van der Waals surface area contributed by atoms with Gasteiger partial charge in [-0.25, -0.2) is 9.97 Å². The van der Waals surface area contributed by atoms with E-state index in [4.69, 9.17) is 11.6 Å². The van der Waals surface area contributed by atoms with Crippen molar-refractivity contribution in [3.05, 3.63) is 47.9 Å². The first-order chi connectivity index (χ1) is 7.66. The Morgan fingerprint density at radius 2 is 1.81 bits per heavy atom. The van der Waals surface area contributed by atoms with Crippen molar-refractivity contribution < 1.29 is 0 Å². The first-order valence-electron chi connectivity index (χ1n) is 5.22. The van der Waals surface area contributed by atoms with E-state index in [2.05, 4.69) is 9.97 Å². The topological polar surface area (TPSA) is 25.8 Å². The second-order valence-electron chi connectivity index (χ2n) is 3.71. The molecule has 2 aromatic rings. The fraction of sp³-hybridized carbons (Fsp3) is 0.231. The van der Waals surface area contributed by atoms with Crippen molar-refractivity contribution in [1.82, 2.24) is 9.97 Å². The van der Waals surface area contributed by atoms with Gasteiger partial charge in [-0.15, -0.1) is 11.6 Å². The number of alkyl halides is 1. The summed E-state index contributed by atoms with van der Waals surface area (Å²) in [6, 6.07) is 12.0. The summed E-state index contributed by atoms with van der Waals surface area (Å²) in [5, 5.41) is -0.0934. The van der Waals surface area contributed by atoms with E-state index in [1.807, 2.05) is 50.2 Å². The van der Waals surface area contributed by atoms with Crippen molar-refractivity contribution in [2.75, 3.05) is 0 Å². The van der Waals surface area contributed by atoms with E-state index in [-0.39, 0.29) is 5.38 Å². The molecule has 3 heteroatoms. The lowest BCUT2D eigenvalue weighted by molar-refractivity contribution is 0.931. The Hall–Kier alpha value is -1.41. The van der Waals surface area contributed by atoms with Crippen molar-refractivity contribution in [1.29, 1.82) is 0 Å². The minimum absolute atomic E-state index is 0.0934. The van der Waals surface area contributed by atoms with E-state index in [0.29, 0.717) is 0 Å². The van der Waals surface area contributed by atoms with E-state index in [9.17, 15) is 0 Å². The van der Waals surface area contributed by atoms with E-state index < -0.39 is 0 Å². The van der Waals surface area contributed by atoms with Gasteiger partial charge in [-0.05, 0) is 19.9 Å². The number of aromatic nitrogens is 2. The number of halogens is 1. The van der Waals surface area contributed by atoms with Gasteiger partial charge in [0, 0.05) is 5.56 Å². The summed E-state index contributed by atoms with van der Waals surface area (Å²) >= 11 is 6.04. The Kier molecular flexibility index (Phi) is 3.20. The highest BCUT2D eigenvalue weighted by molar-refractivity contribution is 6.20. The van der Waals surface area contributed by atoms with Gasteiger partial charge in [-0.3, -0.25) is 0 Å². The van der Waals surface area contributed by atoms with Gasteiger partial charge in [0.15, 0.2) is 0 Å². The number of rotatable bonds is 2. The van der Waals surface area contributed by atoms with Crippen LogP contribution in [-0.4, -0.2) is 9.97 Å². The number of hydrogen-bond acceptors (Lipinski definition) is 2. The molecule has 1 unspecified atom stereocenters. The smallest absolute Gasteiger partial charge is 0.126 e. The molecular weight excluding hydrogens is 220 g/mol. The summed E-state index contributed by atoms with van der Waals surface area (Å²) in [6.07, 6.45) is 0. The molecule has 1 aromatic carbocycles. The quantitative estimate of drug-likeness (QED) is 0.737. The van der Waals surface area contributed by atoms with Crippen LogP contribution in [0.25, 0.3) is 11.3 Å². The standard InChI is InChI=1S/C13H13ClN2/c1-9(14)12-8-13(16-10(2)15-12)11-6-4-3-5-7-11/h3-9H,1-2H3. The van der Waals surface area contributed by atoms with Crippen LogP contribution in [0.1, 0.15) is 23.8 Å². The molecule has 0 aliphatic rings. The summed E-state index contributed by atoms with van der Waals surface area (Å²) in [6.45, 7) is 3.80. The number of nitrogens with zero attached hydrogens (tertiary/aromatic N) is 2. The second-order valence-corrected chi connectivity index (χ2v) is 4.36. The average molecular weight is 233 g/mol. The fourth-order valence-corrected chi connectivity index (χ4v) is 1.66. The molecule has 0 aliphatic heterocycles. The Morgan fingerprint density at radius 1 is 1.12 bits per heavy atom. The highest BCUT2D eigenvalue weighted by Gasteiger charge is 2.07. The minimum atomic E-state index is -0.0934. The van der Waals surface area contributed by atoms with Crippen LogP contribution in [0, 0.1) is 6.92 Å². The van der Waals surface area contributed by atoms with Crippen molar-refractivity contribution in [3.8, 4) is 11.3 Å². The molecule has 2 rings (SSSR count). The Labute approximate surface area is 100 Å². The van der Waals surface area contributed by atoms with Gasteiger partial charge in [0.05, 0.1) is 16.8 Å². The number of aryl methyl sites for hydroxylation is 1. The summed E-state index contributed by atoms with van der Waals surface area (Å²) in [5.41, 5.74) is 2.88. The molecule has 0 saturated carbocycles. The highest BCUT2D eigenvalue weighted by atomic mass is 35.5. The third-order valence-corrected chi connectivity index (χ3v) is 2.56. The predicted molar refractivity (Wildman–Crippen MR) is 66.5 cm³/mol. The summed E-state index contributed by atoms with van der Waals surface area (Å²) < 4.78 is 0. The maximum Gasteiger partial charge on any atom is 0.126 e. The molecule has 1 heterocycles. The fourth-order valence-electron chi connectivity index (χ4n) is 1.55. The average Bonchev–Trinajstić information content (AvgIpc) is 2.29. The van der Waals surface area contributed by atoms with Crippen LogP contribution in [0.5, 0.6) is 0 Å². The van der Waals surface area contributed by atoms with E-state index in [0.717, 1.165) is 22.8 Å². The lowest BCUT2D eigenvalue weighted by Crippen LogP contribution is -1.98. The van der Waals surface area contributed by atoms with Crippen molar-refractivity contribution in [3.63, 3.8) is 0 Å². The zero-order valence-corrected chi connectivity index (χ0v) is 10.1. The first kappa shape index (κ1) is 11.1. The maximum atomic E-state index is 6.04. The van der Waals surface area contributed by atoms with Crippen LogP contribution >= 0.6 is 11.6 Å². The zero-order valence-electron chi connectivity index (χ0n) is 9.31. The minimum Gasteiger partial charge on any atom is -0.237 e. The molecule has 0 spiro atoms. The van der Waals surface area contributed by atoms with Gasteiger partial charge >= 0.3 is 0 Å². The molecule has 0 radical (unpaired) electrons. The second kappa shape index (κ2) is 4.62. The maximum absolute atomic E-state index is 6.04. The monoisotopic (exact) mass is 232 g/mol. The summed E-state index contributed by atoms with van der Waals surface area (Å²) in [7, 11) is 0. The molecule has 0 amide bonds. The Bertz CT molecular complexity index is 481. The van der Waals surface area contributed by atoms with Crippen LogP contribution in [0.15, 0.2) is 36.4 Å². The van der Waals surface area contributed by atoms with Crippen LogP contribution in [0.4, 0.5) is 0 Å². The van der Waals surface area contributed by atoms with Crippen LogP contribution in [-0.2, 0) is 0 Å². The van der Waals surface area contributed by atoms with Gasteiger partial charge in [0.25, 0.3) is 0 Å². The third kappa shape index (κ3) is 2.39. The van der Waals surface area contributed by atoms with Crippen LogP contribution in [0.3, 0.4) is 0 Å². The van der Waals surface area contributed by atoms with Crippen LogP contribution in [0.2, 0.25) is 0 Å². The van der Waals surface area contributed by atoms with Crippen LogP contribution < -0.4 is 0 Å². The van der Waals surface area contributed by atoms with E-state index in [1.165, 1.54) is 0 Å². The molecule has 2 nitrogen and oxygen atoms in total. The molecular formula is C13H13ClN2. The van der Waals surface area contributed by atoms with Crippen molar-refractivity contribution >= 4 is 11.6 Å². The zero-order chi connectivity index (χ0) is 11.5. The number of hydrogen-bond donors (Lipinski definition) is 0. The third-order valence-electron chi connectivity index (χ3n) is 2.33. The summed E-state index contributed by atoms with van der Waals surface area (Å²) in [4.78, 5) is 8.73. The molecule has 0 aliphatic carbocycles. The molecule has 1 atom stereocenters. The van der Waals surface area contributed by atoms with E-state index in [1.54, 1.807) is 0 Å². The van der Waals surface area contributed by atoms with Gasteiger partial charge in [-0.1, -0.05) is 30.3 Å². The van der Waals surface area contributed by atoms with Crippen molar-refractivity contribution in [2.45, 2.75) is 19.2 Å². The lowest BCUT2D eigenvalue weighted by atomic mass is 10.1. The lowest BCUT2D eigenvalue weighted by Gasteiger charge is -2.07. The number of benzene rings is 1. The molecule has 0 fully saturated rings. The Morgan fingerprint density at radius 3 is 2.44 bits per heavy atom. The molecule has 0 saturated heterocycles. The van der Waals surface area contributed by atoms with Crippen molar-refractivity contribution in [2.24, 2.45) is 0 Å². The molecule has 0 N–H and O–H groups in total. The largest absolute Gasteiger partial charge is 0.237 e. The summed E-state index contributed by atoms with van der Waals surface area (Å²) in [5.74, 6) is 0.754. The SMILES string of the molecule is Cc1nc(-c2ccccc2)cc(C(C)Cl)n1. The molecule has 16 heavy (non-hydrogen) atoms.